The number of aliphatic imine (C=N–C) groups is 1. The molecular weight excluding hydrogens is 394 g/mol. The summed E-state index contributed by atoms with van der Waals surface area (Å²) < 4.78 is 11.0. The number of nitrogens with zero attached hydrogens (tertiary/aromatic N) is 3. The maximum absolute atomic E-state index is 12.1. The molecule has 8 heteroatoms. The summed E-state index contributed by atoms with van der Waals surface area (Å²) in [7, 11) is 1.85. The minimum Gasteiger partial charge on any atom is -0.444 e. The molecule has 0 radical (unpaired) electrons. The highest BCUT2D eigenvalue weighted by atomic mass is 16.6. The quantitative estimate of drug-likeness (QED) is 0.508. The standard InChI is InChI=1S/C23H43N5O3/c1-22(2,3)31-21(29)26-19-8-11-28(16-19)20(24-4)25-17-23(9-6-5-7-10-23)18-27-12-14-30-15-13-27/h19H,5-18H2,1-4H3,(H,24,25)(H,26,29)/t19-/m1/s1. The van der Waals surface area contributed by atoms with E-state index < -0.39 is 5.60 Å². The fourth-order valence-electron chi connectivity index (χ4n) is 5.07. The van der Waals surface area contributed by atoms with Crippen molar-refractivity contribution in [3.05, 3.63) is 0 Å². The van der Waals surface area contributed by atoms with Crippen LogP contribution >= 0.6 is 0 Å². The van der Waals surface area contributed by atoms with Crippen molar-refractivity contribution in [2.24, 2.45) is 10.4 Å². The van der Waals surface area contributed by atoms with Crippen molar-refractivity contribution >= 4 is 12.1 Å². The number of ether oxygens (including phenoxy) is 2. The number of carbonyl (C=O) groups excluding carboxylic acids is 1. The second-order valence-electron chi connectivity index (χ2n) is 10.4. The van der Waals surface area contributed by atoms with Gasteiger partial charge >= 0.3 is 6.09 Å². The van der Waals surface area contributed by atoms with E-state index in [2.05, 4.69) is 25.4 Å². The van der Waals surface area contributed by atoms with E-state index in [-0.39, 0.29) is 12.1 Å². The van der Waals surface area contributed by atoms with Crippen LogP contribution in [0.1, 0.15) is 59.3 Å². The molecule has 2 saturated heterocycles. The van der Waals surface area contributed by atoms with Crippen LogP contribution in [0.3, 0.4) is 0 Å². The summed E-state index contributed by atoms with van der Waals surface area (Å²) in [6, 6.07) is 0.0883. The van der Waals surface area contributed by atoms with E-state index in [1.165, 1.54) is 32.1 Å². The molecule has 8 nitrogen and oxygen atoms in total. The molecule has 1 aliphatic carbocycles. The lowest BCUT2D eigenvalue weighted by atomic mass is 9.73. The Morgan fingerprint density at radius 2 is 1.87 bits per heavy atom. The van der Waals surface area contributed by atoms with Gasteiger partial charge in [-0.2, -0.15) is 0 Å². The molecule has 0 aromatic heterocycles. The van der Waals surface area contributed by atoms with E-state index in [4.69, 9.17) is 9.47 Å². The summed E-state index contributed by atoms with van der Waals surface area (Å²) in [5, 5.41) is 6.71. The number of hydrogen-bond acceptors (Lipinski definition) is 5. The predicted molar refractivity (Wildman–Crippen MR) is 123 cm³/mol. The Morgan fingerprint density at radius 1 is 1.16 bits per heavy atom. The van der Waals surface area contributed by atoms with Crippen molar-refractivity contribution in [1.29, 1.82) is 0 Å². The van der Waals surface area contributed by atoms with Crippen LogP contribution in [0.5, 0.6) is 0 Å². The van der Waals surface area contributed by atoms with Gasteiger partial charge in [0.05, 0.1) is 19.3 Å². The third-order valence-electron chi connectivity index (χ3n) is 6.62. The summed E-state index contributed by atoms with van der Waals surface area (Å²) in [6.45, 7) is 13.2. The van der Waals surface area contributed by atoms with Gasteiger partial charge in [-0.25, -0.2) is 4.79 Å². The highest BCUT2D eigenvalue weighted by Gasteiger charge is 2.35. The molecule has 0 spiro atoms. The van der Waals surface area contributed by atoms with Gasteiger partial charge in [0.1, 0.15) is 5.60 Å². The molecule has 3 rings (SSSR count). The average Bonchev–Trinajstić information content (AvgIpc) is 3.16. The number of rotatable bonds is 5. The molecule has 0 aromatic rings. The number of morpholine rings is 1. The van der Waals surface area contributed by atoms with Crippen LogP contribution in [0.4, 0.5) is 4.79 Å². The largest absolute Gasteiger partial charge is 0.444 e. The molecule has 2 heterocycles. The van der Waals surface area contributed by atoms with Crippen LogP contribution in [-0.2, 0) is 9.47 Å². The number of amides is 1. The molecular formula is C23H43N5O3. The molecule has 1 atom stereocenters. The lowest BCUT2D eigenvalue weighted by Crippen LogP contribution is -2.51. The highest BCUT2D eigenvalue weighted by molar-refractivity contribution is 5.80. The minimum absolute atomic E-state index is 0.0883. The molecule has 0 bridgehead atoms. The van der Waals surface area contributed by atoms with E-state index in [0.717, 1.165) is 64.9 Å². The number of likely N-dealkylation sites (tertiary alicyclic amines) is 1. The van der Waals surface area contributed by atoms with Crippen molar-refractivity contribution in [2.45, 2.75) is 70.9 Å². The van der Waals surface area contributed by atoms with E-state index >= 15 is 0 Å². The molecule has 0 unspecified atom stereocenters. The lowest BCUT2D eigenvalue weighted by molar-refractivity contribution is 0.00810. The monoisotopic (exact) mass is 437 g/mol. The van der Waals surface area contributed by atoms with Gasteiger partial charge in [0, 0.05) is 51.7 Å². The molecule has 3 aliphatic rings. The third-order valence-corrected chi connectivity index (χ3v) is 6.62. The molecule has 1 amide bonds. The zero-order valence-electron chi connectivity index (χ0n) is 20.0. The number of nitrogens with one attached hydrogen (secondary N) is 2. The van der Waals surface area contributed by atoms with Gasteiger partial charge in [0.2, 0.25) is 0 Å². The Hall–Kier alpha value is -1.54. The van der Waals surface area contributed by atoms with Crippen molar-refractivity contribution < 1.29 is 14.3 Å². The number of guanidine groups is 1. The smallest absolute Gasteiger partial charge is 0.407 e. The van der Waals surface area contributed by atoms with Gasteiger partial charge in [-0.15, -0.1) is 0 Å². The first kappa shape index (κ1) is 24.1. The van der Waals surface area contributed by atoms with Crippen molar-refractivity contribution in [2.75, 3.05) is 59.5 Å². The SMILES string of the molecule is CN=C(NCC1(CN2CCOCC2)CCCCC1)N1CC[C@@H](NC(=O)OC(C)(C)C)C1. The first-order valence-corrected chi connectivity index (χ1v) is 12.0. The first-order chi connectivity index (χ1) is 14.8. The van der Waals surface area contributed by atoms with E-state index in [1.807, 2.05) is 27.8 Å². The molecule has 31 heavy (non-hydrogen) atoms. The lowest BCUT2D eigenvalue weighted by Gasteiger charge is -2.43. The van der Waals surface area contributed by atoms with Gasteiger partial charge in [-0.1, -0.05) is 19.3 Å². The number of carbonyl (C=O) groups is 1. The average molecular weight is 438 g/mol. The molecule has 2 aliphatic heterocycles. The topological polar surface area (TPSA) is 78.4 Å². The van der Waals surface area contributed by atoms with E-state index in [9.17, 15) is 4.79 Å². The normalized spacial score (nSPS) is 25.4. The predicted octanol–water partition coefficient (Wildman–Crippen LogP) is 2.44. The second kappa shape index (κ2) is 10.9. The van der Waals surface area contributed by atoms with E-state index in [1.54, 1.807) is 0 Å². The molecule has 0 aromatic carbocycles. The summed E-state index contributed by atoms with van der Waals surface area (Å²) >= 11 is 0. The summed E-state index contributed by atoms with van der Waals surface area (Å²) in [5.74, 6) is 0.945. The maximum Gasteiger partial charge on any atom is 0.407 e. The maximum atomic E-state index is 12.1. The molecule has 178 valence electrons. The third kappa shape index (κ3) is 7.52. The summed E-state index contributed by atoms with van der Waals surface area (Å²) in [6.07, 6.45) is 7.09. The van der Waals surface area contributed by atoms with Crippen LogP contribution < -0.4 is 10.6 Å². The van der Waals surface area contributed by atoms with Crippen LogP contribution in [0, 0.1) is 5.41 Å². The minimum atomic E-state index is -0.477. The Labute approximate surface area is 188 Å². The van der Waals surface area contributed by atoms with Gasteiger partial charge in [0.15, 0.2) is 5.96 Å². The van der Waals surface area contributed by atoms with Crippen LogP contribution in [0.2, 0.25) is 0 Å². The van der Waals surface area contributed by atoms with Crippen LogP contribution in [-0.4, -0.2) is 93.0 Å². The van der Waals surface area contributed by atoms with E-state index in [0.29, 0.717) is 5.41 Å². The number of hydrogen-bond donors (Lipinski definition) is 2. The summed E-state index contributed by atoms with van der Waals surface area (Å²) in [4.78, 5) is 21.5. The van der Waals surface area contributed by atoms with Crippen LogP contribution in [0.25, 0.3) is 0 Å². The highest BCUT2D eigenvalue weighted by Crippen LogP contribution is 2.37. The Bertz CT molecular complexity index is 607. The zero-order valence-corrected chi connectivity index (χ0v) is 20.0. The fraction of sp³-hybridized carbons (Fsp3) is 0.913. The van der Waals surface area contributed by atoms with Crippen molar-refractivity contribution in [1.82, 2.24) is 20.4 Å². The Kier molecular flexibility index (Phi) is 8.44. The first-order valence-electron chi connectivity index (χ1n) is 12.0. The van der Waals surface area contributed by atoms with Gasteiger partial charge < -0.3 is 25.0 Å². The fourth-order valence-corrected chi connectivity index (χ4v) is 5.07. The van der Waals surface area contributed by atoms with Gasteiger partial charge in [0.25, 0.3) is 0 Å². The van der Waals surface area contributed by atoms with Gasteiger partial charge in [-0.3, -0.25) is 9.89 Å². The Morgan fingerprint density at radius 3 is 2.52 bits per heavy atom. The molecule has 3 fully saturated rings. The second-order valence-corrected chi connectivity index (χ2v) is 10.4. The summed E-state index contributed by atoms with van der Waals surface area (Å²) in [5.41, 5.74) is -0.172. The number of alkyl carbamates (subject to hydrolysis) is 1. The zero-order chi connectivity index (χ0) is 22.3. The van der Waals surface area contributed by atoms with Crippen molar-refractivity contribution in [3.8, 4) is 0 Å². The Balaban J connectivity index is 1.51. The molecule has 2 N–H and O–H groups in total. The van der Waals surface area contributed by atoms with Crippen molar-refractivity contribution in [3.63, 3.8) is 0 Å². The molecule has 1 saturated carbocycles. The van der Waals surface area contributed by atoms with Gasteiger partial charge in [-0.05, 0) is 40.0 Å². The van der Waals surface area contributed by atoms with Crippen LogP contribution in [0.15, 0.2) is 4.99 Å².